The maximum Gasteiger partial charge on any atom is 0.195 e. The first-order chi connectivity index (χ1) is 8.71. The molecule has 106 valence electrons. The summed E-state index contributed by atoms with van der Waals surface area (Å²) in [6.45, 7) is 7.42. The molecule has 0 aliphatic heterocycles. The van der Waals surface area contributed by atoms with Crippen LogP contribution in [0.2, 0.25) is 0 Å². The highest BCUT2D eigenvalue weighted by Crippen LogP contribution is 2.22. The monoisotopic (exact) mass is 261 g/mol. The van der Waals surface area contributed by atoms with Crippen molar-refractivity contribution in [1.82, 2.24) is 9.80 Å². The number of aliphatic imine (C=N–C) groups is 1. The highest BCUT2D eigenvalue weighted by molar-refractivity contribution is 5.79. The Morgan fingerprint density at radius 2 is 1.42 bits per heavy atom. The highest BCUT2D eigenvalue weighted by atomic mass is 15.3. The van der Waals surface area contributed by atoms with Gasteiger partial charge in [0, 0.05) is 28.2 Å². The number of rotatable bonds is 2. The van der Waals surface area contributed by atoms with Crippen LogP contribution in [0.3, 0.4) is 0 Å². The van der Waals surface area contributed by atoms with Crippen molar-refractivity contribution in [3.05, 3.63) is 35.4 Å². The minimum atomic E-state index is 0.209. The average Bonchev–Trinajstić information content (AvgIpc) is 2.27. The molecule has 0 bridgehead atoms. The Hall–Kier alpha value is -1.51. The lowest BCUT2D eigenvalue weighted by Crippen LogP contribution is -2.35. The van der Waals surface area contributed by atoms with Crippen molar-refractivity contribution >= 4 is 5.96 Å². The van der Waals surface area contributed by atoms with E-state index in [1.54, 1.807) is 0 Å². The number of nitrogens with zero attached hydrogens (tertiary/aromatic N) is 3. The zero-order chi connectivity index (χ0) is 14.6. The van der Waals surface area contributed by atoms with Gasteiger partial charge in [0.05, 0.1) is 6.54 Å². The van der Waals surface area contributed by atoms with E-state index in [1.807, 2.05) is 38.0 Å². The summed E-state index contributed by atoms with van der Waals surface area (Å²) in [5.74, 6) is 0.986. The number of guanidine groups is 1. The third-order valence-corrected chi connectivity index (χ3v) is 3.02. The lowest BCUT2D eigenvalue weighted by molar-refractivity contribution is 0.479. The summed E-state index contributed by atoms with van der Waals surface area (Å²) >= 11 is 0. The summed E-state index contributed by atoms with van der Waals surface area (Å²) in [5, 5.41) is 0. The van der Waals surface area contributed by atoms with E-state index in [-0.39, 0.29) is 5.41 Å². The van der Waals surface area contributed by atoms with Gasteiger partial charge in [0.1, 0.15) is 0 Å². The molecule has 0 spiro atoms. The van der Waals surface area contributed by atoms with Gasteiger partial charge in [0.15, 0.2) is 5.96 Å². The molecule has 3 nitrogen and oxygen atoms in total. The van der Waals surface area contributed by atoms with Crippen LogP contribution in [-0.4, -0.2) is 44.0 Å². The van der Waals surface area contributed by atoms with E-state index >= 15 is 0 Å². The van der Waals surface area contributed by atoms with Gasteiger partial charge in [-0.2, -0.15) is 0 Å². The molecule has 0 aromatic heterocycles. The Labute approximate surface area is 117 Å². The number of hydrogen-bond donors (Lipinski definition) is 0. The SMILES string of the molecule is CN(C)C(=NCc1ccc(C(C)(C)C)cc1)N(C)C. The fourth-order valence-corrected chi connectivity index (χ4v) is 1.95. The van der Waals surface area contributed by atoms with E-state index in [2.05, 4.69) is 50.0 Å². The Morgan fingerprint density at radius 3 is 1.79 bits per heavy atom. The van der Waals surface area contributed by atoms with Crippen LogP contribution in [0.5, 0.6) is 0 Å². The van der Waals surface area contributed by atoms with Gasteiger partial charge in [0.25, 0.3) is 0 Å². The predicted octanol–water partition coefficient (Wildman–Crippen LogP) is 2.96. The molecule has 19 heavy (non-hydrogen) atoms. The first-order valence-corrected chi connectivity index (χ1v) is 6.70. The average molecular weight is 261 g/mol. The van der Waals surface area contributed by atoms with Gasteiger partial charge >= 0.3 is 0 Å². The van der Waals surface area contributed by atoms with E-state index in [0.29, 0.717) is 0 Å². The van der Waals surface area contributed by atoms with Crippen molar-refractivity contribution in [1.29, 1.82) is 0 Å². The molecule has 0 radical (unpaired) electrons. The van der Waals surface area contributed by atoms with Gasteiger partial charge < -0.3 is 9.80 Å². The lowest BCUT2D eigenvalue weighted by Gasteiger charge is -2.22. The maximum atomic E-state index is 4.65. The van der Waals surface area contributed by atoms with Gasteiger partial charge in [-0.15, -0.1) is 0 Å². The quantitative estimate of drug-likeness (QED) is 0.602. The largest absolute Gasteiger partial charge is 0.349 e. The van der Waals surface area contributed by atoms with E-state index in [9.17, 15) is 0 Å². The second kappa shape index (κ2) is 6.09. The van der Waals surface area contributed by atoms with E-state index in [0.717, 1.165) is 12.5 Å². The van der Waals surface area contributed by atoms with Crippen LogP contribution in [-0.2, 0) is 12.0 Å². The third-order valence-electron chi connectivity index (χ3n) is 3.02. The molecule has 0 amide bonds. The molecule has 0 fully saturated rings. The Kier molecular flexibility index (Phi) is 4.98. The lowest BCUT2D eigenvalue weighted by atomic mass is 9.87. The molecular weight excluding hydrogens is 234 g/mol. The van der Waals surface area contributed by atoms with Crippen molar-refractivity contribution in [2.45, 2.75) is 32.7 Å². The van der Waals surface area contributed by atoms with Crippen molar-refractivity contribution in [3.8, 4) is 0 Å². The first kappa shape index (κ1) is 15.5. The predicted molar refractivity (Wildman–Crippen MR) is 83.7 cm³/mol. The Morgan fingerprint density at radius 1 is 0.947 bits per heavy atom. The summed E-state index contributed by atoms with van der Waals surface area (Å²) in [6.07, 6.45) is 0. The molecule has 0 aliphatic rings. The third kappa shape index (κ3) is 4.58. The van der Waals surface area contributed by atoms with E-state index in [4.69, 9.17) is 0 Å². The first-order valence-electron chi connectivity index (χ1n) is 6.70. The van der Waals surface area contributed by atoms with Gasteiger partial charge in [-0.05, 0) is 16.5 Å². The highest BCUT2D eigenvalue weighted by Gasteiger charge is 2.12. The molecule has 0 saturated heterocycles. The topological polar surface area (TPSA) is 18.8 Å². The minimum absolute atomic E-state index is 0.209. The zero-order valence-corrected chi connectivity index (χ0v) is 13.4. The standard InChI is InChI=1S/C16H27N3/c1-16(2,3)14-10-8-13(9-11-14)12-17-15(18(4)5)19(6)7/h8-11H,12H2,1-7H3. The fraction of sp³-hybridized carbons (Fsp3) is 0.562. The second-order valence-electron chi connectivity index (χ2n) is 6.35. The molecule has 0 aliphatic carbocycles. The molecule has 1 aromatic carbocycles. The van der Waals surface area contributed by atoms with Crippen molar-refractivity contribution in [2.75, 3.05) is 28.2 Å². The normalized spacial score (nSPS) is 11.1. The van der Waals surface area contributed by atoms with E-state index < -0.39 is 0 Å². The maximum absolute atomic E-state index is 4.65. The van der Waals surface area contributed by atoms with Gasteiger partial charge in [-0.3, -0.25) is 0 Å². The van der Waals surface area contributed by atoms with Gasteiger partial charge in [-0.1, -0.05) is 45.0 Å². The summed E-state index contributed by atoms with van der Waals surface area (Å²) in [4.78, 5) is 8.72. The molecule has 0 saturated carbocycles. The van der Waals surface area contributed by atoms with Gasteiger partial charge in [-0.25, -0.2) is 4.99 Å². The summed E-state index contributed by atoms with van der Waals surface area (Å²) in [7, 11) is 8.06. The van der Waals surface area contributed by atoms with E-state index in [1.165, 1.54) is 11.1 Å². The number of benzene rings is 1. The van der Waals surface area contributed by atoms with Crippen LogP contribution >= 0.6 is 0 Å². The van der Waals surface area contributed by atoms with Crippen LogP contribution in [0, 0.1) is 0 Å². The molecule has 1 rings (SSSR count). The van der Waals surface area contributed by atoms with Crippen LogP contribution in [0.25, 0.3) is 0 Å². The summed E-state index contributed by atoms with van der Waals surface area (Å²) in [6, 6.07) is 8.76. The fourth-order valence-electron chi connectivity index (χ4n) is 1.95. The summed E-state index contributed by atoms with van der Waals surface area (Å²) < 4.78 is 0. The van der Waals surface area contributed by atoms with Gasteiger partial charge in [0.2, 0.25) is 0 Å². The second-order valence-corrected chi connectivity index (χ2v) is 6.35. The van der Waals surface area contributed by atoms with Crippen molar-refractivity contribution in [2.24, 2.45) is 4.99 Å². The number of hydrogen-bond acceptors (Lipinski definition) is 1. The van der Waals surface area contributed by atoms with Crippen molar-refractivity contribution < 1.29 is 0 Å². The van der Waals surface area contributed by atoms with Crippen LogP contribution in [0.4, 0.5) is 0 Å². The zero-order valence-electron chi connectivity index (χ0n) is 13.4. The van der Waals surface area contributed by atoms with Crippen LogP contribution in [0.1, 0.15) is 31.9 Å². The molecule has 0 N–H and O–H groups in total. The minimum Gasteiger partial charge on any atom is -0.349 e. The molecule has 0 atom stereocenters. The molecule has 0 unspecified atom stereocenters. The van der Waals surface area contributed by atoms with Crippen molar-refractivity contribution in [3.63, 3.8) is 0 Å². The Balaban J connectivity index is 2.81. The summed E-state index contributed by atoms with van der Waals surface area (Å²) in [5.41, 5.74) is 2.81. The molecule has 3 heteroatoms. The van der Waals surface area contributed by atoms with Crippen LogP contribution < -0.4 is 0 Å². The molecule has 0 heterocycles. The molecular formula is C16H27N3. The Bertz CT molecular complexity index is 412. The molecule has 1 aromatic rings. The van der Waals surface area contributed by atoms with Crippen LogP contribution in [0.15, 0.2) is 29.3 Å². The smallest absolute Gasteiger partial charge is 0.195 e.